The van der Waals surface area contributed by atoms with E-state index in [4.69, 9.17) is 25.6 Å². The normalized spacial score (nSPS) is 10.5. The highest BCUT2D eigenvalue weighted by atomic mass is 35.5. The maximum absolute atomic E-state index is 10.9. The van der Waals surface area contributed by atoms with Crippen LogP contribution in [0, 0.1) is 0 Å². The van der Waals surface area contributed by atoms with Crippen molar-refractivity contribution in [3.05, 3.63) is 58.9 Å². The Labute approximate surface area is 149 Å². The number of carbonyl (C=O) groups excluding carboxylic acids is 1. The lowest BCUT2D eigenvalue weighted by Crippen LogP contribution is -2.00. The second-order valence-electron chi connectivity index (χ2n) is 5.04. The van der Waals surface area contributed by atoms with Gasteiger partial charge < -0.3 is 14.0 Å². The van der Waals surface area contributed by atoms with Crippen molar-refractivity contribution >= 4 is 17.9 Å². The van der Waals surface area contributed by atoms with Crippen LogP contribution >= 0.6 is 11.6 Å². The van der Waals surface area contributed by atoms with Crippen molar-refractivity contribution in [1.29, 1.82) is 0 Å². The number of halogens is 1. The zero-order chi connectivity index (χ0) is 17.6. The van der Waals surface area contributed by atoms with Crippen LogP contribution in [0.25, 0.3) is 11.4 Å². The van der Waals surface area contributed by atoms with E-state index in [1.165, 1.54) is 0 Å². The van der Waals surface area contributed by atoms with Crippen LogP contribution in [0.2, 0.25) is 5.02 Å². The van der Waals surface area contributed by atoms with Gasteiger partial charge in [0.2, 0.25) is 5.82 Å². The molecular weight excluding hydrogens is 344 g/mol. The molecule has 1 aromatic heterocycles. The summed E-state index contributed by atoms with van der Waals surface area (Å²) in [5.74, 6) is 1.67. The van der Waals surface area contributed by atoms with Crippen LogP contribution in [0.4, 0.5) is 0 Å². The molecule has 0 saturated carbocycles. The van der Waals surface area contributed by atoms with Crippen LogP contribution in [0.5, 0.6) is 11.5 Å². The van der Waals surface area contributed by atoms with E-state index in [0.717, 1.165) is 6.29 Å². The van der Waals surface area contributed by atoms with E-state index in [0.29, 0.717) is 46.0 Å². The van der Waals surface area contributed by atoms with Crippen LogP contribution in [0.1, 0.15) is 23.2 Å². The Morgan fingerprint density at radius 2 is 2.00 bits per heavy atom. The van der Waals surface area contributed by atoms with Gasteiger partial charge in [-0.05, 0) is 37.3 Å². The molecule has 0 aliphatic carbocycles. The summed E-state index contributed by atoms with van der Waals surface area (Å²) in [6.07, 6.45) is 0.750. The molecule has 3 aromatic rings. The number of hydrogen-bond acceptors (Lipinski definition) is 6. The number of benzene rings is 2. The lowest BCUT2D eigenvalue weighted by molar-refractivity contribution is 0.112. The van der Waals surface area contributed by atoms with Gasteiger partial charge in [-0.25, -0.2) is 0 Å². The summed E-state index contributed by atoms with van der Waals surface area (Å²) in [6.45, 7) is 2.37. The lowest BCUT2D eigenvalue weighted by Gasteiger charge is -2.10. The van der Waals surface area contributed by atoms with E-state index in [9.17, 15) is 4.79 Å². The maximum atomic E-state index is 10.9. The van der Waals surface area contributed by atoms with Crippen molar-refractivity contribution in [2.24, 2.45) is 0 Å². The fraction of sp³-hybridized carbons (Fsp3) is 0.167. The Morgan fingerprint density at radius 3 is 2.76 bits per heavy atom. The van der Waals surface area contributed by atoms with Gasteiger partial charge in [-0.3, -0.25) is 4.79 Å². The van der Waals surface area contributed by atoms with E-state index in [1.807, 2.05) is 25.1 Å². The number of carbonyl (C=O) groups is 1. The van der Waals surface area contributed by atoms with Gasteiger partial charge in [-0.15, -0.1) is 0 Å². The highest BCUT2D eigenvalue weighted by Crippen LogP contribution is 2.29. The van der Waals surface area contributed by atoms with Crippen molar-refractivity contribution in [3.8, 4) is 22.9 Å². The van der Waals surface area contributed by atoms with Crippen LogP contribution in [0.15, 0.2) is 47.0 Å². The molecule has 0 unspecified atom stereocenters. The number of nitrogens with zero attached hydrogens (tertiary/aromatic N) is 2. The van der Waals surface area contributed by atoms with Crippen LogP contribution in [0.3, 0.4) is 0 Å². The summed E-state index contributed by atoms with van der Waals surface area (Å²) in [5.41, 5.74) is 1.19. The fourth-order valence-electron chi connectivity index (χ4n) is 2.19. The molecule has 0 saturated heterocycles. The van der Waals surface area contributed by atoms with Gasteiger partial charge in [-0.1, -0.05) is 28.9 Å². The van der Waals surface area contributed by atoms with E-state index < -0.39 is 0 Å². The molecule has 0 radical (unpaired) electrons. The van der Waals surface area contributed by atoms with Crippen molar-refractivity contribution < 1.29 is 18.8 Å². The molecule has 0 bridgehead atoms. The molecule has 0 atom stereocenters. The summed E-state index contributed by atoms with van der Waals surface area (Å²) in [4.78, 5) is 15.2. The van der Waals surface area contributed by atoms with Gasteiger partial charge in [0.15, 0.2) is 18.1 Å². The van der Waals surface area contributed by atoms with Crippen molar-refractivity contribution in [3.63, 3.8) is 0 Å². The van der Waals surface area contributed by atoms with Gasteiger partial charge in [0.1, 0.15) is 6.29 Å². The number of aldehydes is 1. The Bertz CT molecular complexity index is 879. The van der Waals surface area contributed by atoms with Gasteiger partial charge in [0.05, 0.1) is 11.6 Å². The summed E-state index contributed by atoms with van der Waals surface area (Å²) in [5, 5.41) is 4.46. The molecule has 0 aliphatic heterocycles. The molecule has 6 nitrogen and oxygen atoms in total. The Morgan fingerprint density at radius 1 is 1.16 bits per heavy atom. The van der Waals surface area contributed by atoms with Gasteiger partial charge >= 0.3 is 0 Å². The third-order valence-corrected chi connectivity index (χ3v) is 3.67. The summed E-state index contributed by atoms with van der Waals surface area (Å²) in [6, 6.07) is 12.2. The average Bonchev–Trinajstić information content (AvgIpc) is 3.10. The average molecular weight is 359 g/mol. The first-order chi connectivity index (χ1) is 12.2. The first kappa shape index (κ1) is 17.0. The minimum absolute atomic E-state index is 0.0674. The molecular formula is C18H15ClN2O4. The standard InChI is InChI=1S/C18H15ClN2O4/c1-2-23-16-9-12(10-22)7-8-15(16)24-11-17-20-18(21-25-17)13-5-3-4-6-14(13)19/h3-10H,2,11H2,1H3. The van der Waals surface area contributed by atoms with E-state index in [1.54, 1.807) is 24.3 Å². The summed E-state index contributed by atoms with van der Waals surface area (Å²) in [7, 11) is 0. The zero-order valence-corrected chi connectivity index (χ0v) is 14.2. The summed E-state index contributed by atoms with van der Waals surface area (Å²) >= 11 is 6.13. The van der Waals surface area contributed by atoms with Crippen LogP contribution in [-0.2, 0) is 6.61 Å². The predicted octanol–water partition coefficient (Wildman–Crippen LogP) is 4.18. The lowest BCUT2D eigenvalue weighted by atomic mass is 10.2. The molecule has 25 heavy (non-hydrogen) atoms. The number of rotatable bonds is 7. The molecule has 1 heterocycles. The molecule has 3 rings (SSSR count). The zero-order valence-electron chi connectivity index (χ0n) is 13.4. The minimum atomic E-state index is 0.0674. The number of aromatic nitrogens is 2. The quantitative estimate of drug-likeness (QED) is 0.590. The largest absolute Gasteiger partial charge is 0.490 e. The minimum Gasteiger partial charge on any atom is -0.490 e. The Hall–Kier alpha value is -2.86. The molecule has 0 N–H and O–H groups in total. The van der Waals surface area contributed by atoms with Crippen molar-refractivity contribution in [1.82, 2.24) is 10.1 Å². The predicted molar refractivity (Wildman–Crippen MR) is 92.1 cm³/mol. The molecule has 2 aromatic carbocycles. The monoisotopic (exact) mass is 358 g/mol. The second kappa shape index (κ2) is 7.81. The first-order valence-corrected chi connectivity index (χ1v) is 8.01. The molecule has 0 fully saturated rings. The summed E-state index contributed by atoms with van der Waals surface area (Å²) < 4.78 is 16.4. The third-order valence-electron chi connectivity index (χ3n) is 3.34. The van der Waals surface area contributed by atoms with Gasteiger partial charge in [0, 0.05) is 11.1 Å². The van der Waals surface area contributed by atoms with E-state index >= 15 is 0 Å². The number of ether oxygens (including phenoxy) is 2. The smallest absolute Gasteiger partial charge is 0.264 e. The maximum Gasteiger partial charge on any atom is 0.264 e. The Kier molecular flexibility index (Phi) is 5.30. The first-order valence-electron chi connectivity index (χ1n) is 7.63. The van der Waals surface area contributed by atoms with E-state index in [2.05, 4.69) is 10.1 Å². The van der Waals surface area contributed by atoms with Crippen molar-refractivity contribution in [2.45, 2.75) is 13.5 Å². The molecule has 0 amide bonds. The molecule has 128 valence electrons. The van der Waals surface area contributed by atoms with Gasteiger partial charge in [0.25, 0.3) is 5.89 Å². The Balaban J connectivity index is 1.74. The van der Waals surface area contributed by atoms with Crippen LogP contribution < -0.4 is 9.47 Å². The fourth-order valence-corrected chi connectivity index (χ4v) is 2.41. The highest BCUT2D eigenvalue weighted by Gasteiger charge is 2.13. The molecule has 0 aliphatic rings. The topological polar surface area (TPSA) is 74.5 Å². The SMILES string of the molecule is CCOc1cc(C=O)ccc1OCc1nc(-c2ccccc2Cl)no1. The second-order valence-corrected chi connectivity index (χ2v) is 5.44. The van der Waals surface area contributed by atoms with Crippen molar-refractivity contribution in [2.75, 3.05) is 6.61 Å². The number of hydrogen-bond donors (Lipinski definition) is 0. The highest BCUT2D eigenvalue weighted by molar-refractivity contribution is 6.33. The van der Waals surface area contributed by atoms with Gasteiger partial charge in [-0.2, -0.15) is 4.98 Å². The van der Waals surface area contributed by atoms with E-state index in [-0.39, 0.29) is 6.61 Å². The van der Waals surface area contributed by atoms with Crippen LogP contribution in [-0.4, -0.2) is 23.0 Å². The third kappa shape index (κ3) is 3.97. The molecule has 7 heteroatoms. The molecule has 0 spiro atoms.